The molecule has 0 saturated carbocycles. The summed E-state index contributed by atoms with van der Waals surface area (Å²) in [6.07, 6.45) is 1.87. The van der Waals surface area contributed by atoms with E-state index in [9.17, 15) is 4.79 Å². The van der Waals surface area contributed by atoms with Crippen molar-refractivity contribution in [1.82, 2.24) is 15.4 Å². The molecule has 126 valence electrons. The fourth-order valence-electron chi connectivity index (χ4n) is 2.35. The molecule has 0 amide bonds. The molecule has 0 spiro atoms. The van der Waals surface area contributed by atoms with E-state index in [1.165, 1.54) is 0 Å². The zero-order valence-electron chi connectivity index (χ0n) is 14.4. The lowest BCUT2D eigenvalue weighted by molar-refractivity contribution is -0.146. The van der Waals surface area contributed by atoms with E-state index in [1.807, 2.05) is 58.0 Å². The quantitative estimate of drug-likeness (QED) is 0.811. The van der Waals surface area contributed by atoms with Crippen molar-refractivity contribution in [3.05, 3.63) is 29.5 Å². The topological polar surface area (TPSA) is 63.7 Å². The summed E-state index contributed by atoms with van der Waals surface area (Å²) in [6, 6.07) is 3.32. The molecule has 1 aromatic heterocycles. The van der Waals surface area contributed by atoms with Crippen molar-refractivity contribution in [2.45, 2.75) is 33.7 Å². The lowest BCUT2D eigenvalue weighted by Crippen LogP contribution is -2.39. The molecule has 1 aromatic rings. The Balaban J connectivity index is 2.15. The number of aromatic nitrogens is 1. The predicted molar refractivity (Wildman–Crippen MR) is 88.6 cm³/mol. The first kappa shape index (κ1) is 17.3. The summed E-state index contributed by atoms with van der Waals surface area (Å²) >= 11 is 0. The molecule has 1 aliphatic heterocycles. The van der Waals surface area contributed by atoms with Gasteiger partial charge in [0.2, 0.25) is 5.88 Å². The van der Waals surface area contributed by atoms with E-state index in [0.29, 0.717) is 25.0 Å². The Hall–Kier alpha value is -2.08. The van der Waals surface area contributed by atoms with Gasteiger partial charge in [-0.2, -0.15) is 0 Å². The third-order valence-corrected chi connectivity index (χ3v) is 3.46. The van der Waals surface area contributed by atoms with Crippen LogP contribution in [-0.4, -0.2) is 42.3 Å². The monoisotopic (exact) mass is 319 g/mol. The van der Waals surface area contributed by atoms with Crippen LogP contribution in [0.25, 0.3) is 5.70 Å². The minimum absolute atomic E-state index is 0.267. The largest absolute Gasteiger partial charge is 0.478 e. The molecule has 0 aromatic carbocycles. The molecule has 1 aliphatic rings. The second kappa shape index (κ2) is 7.46. The second-order valence-corrected chi connectivity index (χ2v) is 5.96. The summed E-state index contributed by atoms with van der Waals surface area (Å²) in [5, 5.41) is 1.83. The Morgan fingerprint density at radius 1 is 1.43 bits per heavy atom. The SMILES string of the molecule is CCOc1ccc(C2=CC(C(=O)OCC(C)C)NN2C)c(C)n1. The molecule has 1 unspecified atom stereocenters. The summed E-state index contributed by atoms with van der Waals surface area (Å²) in [6.45, 7) is 8.88. The second-order valence-electron chi connectivity index (χ2n) is 5.96. The maximum atomic E-state index is 12.1. The van der Waals surface area contributed by atoms with Crippen molar-refractivity contribution in [2.24, 2.45) is 5.92 Å². The highest BCUT2D eigenvalue weighted by Gasteiger charge is 2.28. The summed E-state index contributed by atoms with van der Waals surface area (Å²) in [7, 11) is 1.87. The van der Waals surface area contributed by atoms with Crippen molar-refractivity contribution < 1.29 is 14.3 Å². The molecule has 1 atom stereocenters. The van der Waals surface area contributed by atoms with E-state index in [0.717, 1.165) is 17.0 Å². The van der Waals surface area contributed by atoms with Crippen molar-refractivity contribution in [3.8, 4) is 5.88 Å². The van der Waals surface area contributed by atoms with Gasteiger partial charge in [0.15, 0.2) is 0 Å². The Labute approximate surface area is 137 Å². The minimum Gasteiger partial charge on any atom is -0.478 e. The molecule has 0 aliphatic carbocycles. The predicted octanol–water partition coefficient (Wildman–Crippen LogP) is 2.15. The van der Waals surface area contributed by atoms with Crippen molar-refractivity contribution in [2.75, 3.05) is 20.3 Å². The van der Waals surface area contributed by atoms with Crippen LogP contribution in [0.2, 0.25) is 0 Å². The normalized spacial score (nSPS) is 17.4. The van der Waals surface area contributed by atoms with Crippen LogP contribution in [0.5, 0.6) is 5.88 Å². The smallest absolute Gasteiger partial charge is 0.329 e. The van der Waals surface area contributed by atoms with Gasteiger partial charge < -0.3 is 14.5 Å². The molecule has 0 saturated heterocycles. The molecule has 6 heteroatoms. The molecule has 1 N–H and O–H groups in total. The molecule has 0 bridgehead atoms. The van der Waals surface area contributed by atoms with Crippen LogP contribution in [0.3, 0.4) is 0 Å². The molecule has 23 heavy (non-hydrogen) atoms. The fraction of sp³-hybridized carbons (Fsp3) is 0.529. The zero-order chi connectivity index (χ0) is 17.0. The number of hydrogen-bond donors (Lipinski definition) is 1. The van der Waals surface area contributed by atoms with Gasteiger partial charge in [-0.3, -0.25) is 0 Å². The van der Waals surface area contributed by atoms with Crippen LogP contribution < -0.4 is 10.2 Å². The van der Waals surface area contributed by atoms with Gasteiger partial charge in [-0.25, -0.2) is 15.2 Å². The highest BCUT2D eigenvalue weighted by atomic mass is 16.5. The first-order valence-electron chi connectivity index (χ1n) is 7.91. The summed E-state index contributed by atoms with van der Waals surface area (Å²) in [4.78, 5) is 16.5. The number of hydrazine groups is 1. The van der Waals surface area contributed by atoms with E-state index < -0.39 is 6.04 Å². The van der Waals surface area contributed by atoms with Crippen LogP contribution in [-0.2, 0) is 9.53 Å². The Kier molecular flexibility index (Phi) is 5.60. The van der Waals surface area contributed by atoms with Crippen molar-refractivity contribution in [3.63, 3.8) is 0 Å². The number of rotatable bonds is 6. The number of ether oxygens (including phenoxy) is 2. The number of nitrogens with zero attached hydrogens (tertiary/aromatic N) is 2. The first-order valence-corrected chi connectivity index (χ1v) is 7.91. The number of aryl methyl sites for hydroxylation is 1. The van der Waals surface area contributed by atoms with Gasteiger partial charge in [-0.15, -0.1) is 0 Å². The Morgan fingerprint density at radius 3 is 2.78 bits per heavy atom. The van der Waals surface area contributed by atoms with Gasteiger partial charge in [0, 0.05) is 18.7 Å². The van der Waals surface area contributed by atoms with E-state index in [4.69, 9.17) is 9.47 Å². The van der Waals surface area contributed by atoms with Gasteiger partial charge in [-0.05, 0) is 31.9 Å². The van der Waals surface area contributed by atoms with E-state index in [-0.39, 0.29) is 5.97 Å². The third-order valence-electron chi connectivity index (χ3n) is 3.46. The van der Waals surface area contributed by atoms with Crippen LogP contribution in [0, 0.1) is 12.8 Å². The van der Waals surface area contributed by atoms with Crippen LogP contribution in [0.15, 0.2) is 18.2 Å². The maximum absolute atomic E-state index is 12.1. The lowest BCUT2D eigenvalue weighted by atomic mass is 10.1. The number of pyridine rings is 1. The molecular weight excluding hydrogens is 294 g/mol. The molecule has 0 fully saturated rings. The lowest BCUT2D eigenvalue weighted by Gasteiger charge is -2.19. The summed E-state index contributed by atoms with van der Waals surface area (Å²) in [5.74, 6) is 0.659. The van der Waals surface area contributed by atoms with E-state index in [1.54, 1.807) is 0 Å². The highest BCUT2D eigenvalue weighted by molar-refractivity contribution is 5.83. The van der Waals surface area contributed by atoms with Crippen LogP contribution in [0.4, 0.5) is 0 Å². The number of carbonyl (C=O) groups excluding carboxylic acids is 1. The standard InChI is InChI=1S/C17H25N3O3/c1-6-22-16-8-7-13(12(4)18-16)15-9-14(19-20(15)5)17(21)23-10-11(2)3/h7-9,11,14,19H,6,10H2,1-5H3. The van der Waals surface area contributed by atoms with E-state index >= 15 is 0 Å². The molecule has 6 nitrogen and oxygen atoms in total. The molecule has 2 heterocycles. The van der Waals surface area contributed by atoms with Gasteiger partial charge in [0.25, 0.3) is 0 Å². The highest BCUT2D eigenvalue weighted by Crippen LogP contribution is 2.26. The van der Waals surface area contributed by atoms with Gasteiger partial charge in [0.1, 0.15) is 6.04 Å². The van der Waals surface area contributed by atoms with Crippen molar-refractivity contribution in [1.29, 1.82) is 0 Å². The first-order chi connectivity index (χ1) is 10.9. The third kappa shape index (κ3) is 4.22. The van der Waals surface area contributed by atoms with Gasteiger partial charge in [0.05, 0.1) is 24.6 Å². The molecule has 0 radical (unpaired) electrons. The average Bonchev–Trinajstić information content (AvgIpc) is 2.87. The molecule has 2 rings (SSSR count). The summed E-state index contributed by atoms with van der Waals surface area (Å²) < 4.78 is 10.7. The van der Waals surface area contributed by atoms with Gasteiger partial charge >= 0.3 is 5.97 Å². The average molecular weight is 319 g/mol. The number of esters is 1. The maximum Gasteiger partial charge on any atom is 0.329 e. The van der Waals surface area contributed by atoms with Crippen LogP contribution in [0.1, 0.15) is 32.0 Å². The zero-order valence-corrected chi connectivity index (χ0v) is 14.4. The number of carbonyl (C=O) groups is 1. The number of nitrogens with one attached hydrogen (secondary N) is 1. The van der Waals surface area contributed by atoms with E-state index in [2.05, 4.69) is 10.4 Å². The Morgan fingerprint density at radius 2 is 2.17 bits per heavy atom. The fourth-order valence-corrected chi connectivity index (χ4v) is 2.35. The number of hydrogen-bond acceptors (Lipinski definition) is 6. The van der Waals surface area contributed by atoms with Crippen LogP contribution >= 0.6 is 0 Å². The molecular formula is C17H25N3O3. The van der Waals surface area contributed by atoms with Gasteiger partial charge in [-0.1, -0.05) is 13.8 Å². The summed E-state index contributed by atoms with van der Waals surface area (Å²) in [5.41, 5.74) is 5.82. The Bertz CT molecular complexity index is 599. The minimum atomic E-state index is -0.472. The van der Waals surface area contributed by atoms with Crippen molar-refractivity contribution >= 4 is 11.7 Å².